The lowest BCUT2D eigenvalue weighted by Gasteiger charge is -2.14. The first-order chi connectivity index (χ1) is 14.5. The molecule has 0 aliphatic carbocycles. The first-order valence-corrected chi connectivity index (χ1v) is 10.2. The lowest BCUT2D eigenvalue weighted by atomic mass is 10.0. The third kappa shape index (κ3) is 4.11. The highest BCUT2D eigenvalue weighted by molar-refractivity contribution is 5.91. The molecule has 0 radical (unpaired) electrons. The van der Waals surface area contributed by atoms with E-state index in [0.29, 0.717) is 17.9 Å². The minimum atomic E-state index is 0.0421. The average Bonchev–Trinajstić information content (AvgIpc) is 2.78. The summed E-state index contributed by atoms with van der Waals surface area (Å²) in [6.07, 6.45) is 0.877. The molecule has 0 saturated carbocycles. The van der Waals surface area contributed by atoms with Gasteiger partial charge in [0.1, 0.15) is 11.6 Å². The molecule has 0 spiro atoms. The fraction of sp³-hybridized carbons (Fsp3) is 0.200. The fourth-order valence-corrected chi connectivity index (χ4v) is 3.34. The van der Waals surface area contributed by atoms with Gasteiger partial charge in [0, 0.05) is 18.0 Å². The molecule has 4 N–H and O–H groups in total. The molecule has 5 heteroatoms. The van der Waals surface area contributed by atoms with Crippen molar-refractivity contribution in [2.24, 2.45) is 5.73 Å². The van der Waals surface area contributed by atoms with E-state index in [1.807, 2.05) is 36.4 Å². The SMILES string of the molecule is CCC(N)CNc1nc(-c2cc(-c3ccc(C)cc3)ccc2O)nc2ccccc12. The summed E-state index contributed by atoms with van der Waals surface area (Å²) in [7, 11) is 0. The van der Waals surface area contributed by atoms with Crippen molar-refractivity contribution in [3.05, 3.63) is 72.3 Å². The molecule has 0 fully saturated rings. The van der Waals surface area contributed by atoms with Gasteiger partial charge in [-0.2, -0.15) is 0 Å². The molecule has 1 aromatic heterocycles. The lowest BCUT2D eigenvalue weighted by molar-refractivity contribution is 0.477. The summed E-state index contributed by atoms with van der Waals surface area (Å²) in [6.45, 7) is 4.74. The van der Waals surface area contributed by atoms with Crippen LogP contribution in [0.4, 0.5) is 5.82 Å². The van der Waals surface area contributed by atoms with Gasteiger partial charge in [0.2, 0.25) is 0 Å². The predicted molar refractivity (Wildman–Crippen MR) is 124 cm³/mol. The van der Waals surface area contributed by atoms with Crippen molar-refractivity contribution in [3.63, 3.8) is 0 Å². The Morgan fingerprint density at radius 2 is 1.70 bits per heavy atom. The predicted octanol–water partition coefficient (Wildman–Crippen LogP) is 5.13. The maximum Gasteiger partial charge on any atom is 0.165 e. The minimum absolute atomic E-state index is 0.0421. The molecule has 0 aliphatic heterocycles. The number of fused-ring (bicyclic) bond motifs is 1. The highest BCUT2D eigenvalue weighted by atomic mass is 16.3. The summed E-state index contributed by atoms with van der Waals surface area (Å²) in [4.78, 5) is 9.47. The Hall–Kier alpha value is -3.44. The maximum atomic E-state index is 10.6. The third-order valence-electron chi connectivity index (χ3n) is 5.28. The van der Waals surface area contributed by atoms with Gasteiger partial charge in [-0.15, -0.1) is 0 Å². The van der Waals surface area contributed by atoms with Crippen LogP contribution in [0.1, 0.15) is 18.9 Å². The fourth-order valence-electron chi connectivity index (χ4n) is 3.34. The first kappa shape index (κ1) is 19.9. The lowest BCUT2D eigenvalue weighted by Crippen LogP contribution is -2.28. The molecule has 5 nitrogen and oxygen atoms in total. The van der Waals surface area contributed by atoms with E-state index >= 15 is 0 Å². The summed E-state index contributed by atoms with van der Waals surface area (Å²) < 4.78 is 0. The number of benzene rings is 3. The number of hydrogen-bond acceptors (Lipinski definition) is 5. The summed E-state index contributed by atoms with van der Waals surface area (Å²) >= 11 is 0. The second-order valence-corrected chi connectivity index (χ2v) is 7.56. The molecule has 0 saturated heterocycles. The number of phenols is 1. The molecule has 152 valence electrons. The van der Waals surface area contributed by atoms with Gasteiger partial charge in [0.15, 0.2) is 5.82 Å². The average molecular weight is 399 g/mol. The van der Waals surface area contributed by atoms with E-state index < -0.39 is 0 Å². The van der Waals surface area contributed by atoms with Crippen LogP contribution in [0.25, 0.3) is 33.4 Å². The topological polar surface area (TPSA) is 84.1 Å². The van der Waals surface area contributed by atoms with E-state index in [0.717, 1.165) is 34.3 Å². The zero-order chi connectivity index (χ0) is 21.1. The van der Waals surface area contributed by atoms with Crippen LogP contribution in [0.3, 0.4) is 0 Å². The molecule has 1 unspecified atom stereocenters. The molecule has 30 heavy (non-hydrogen) atoms. The number of aromatic nitrogens is 2. The molecule has 3 aromatic carbocycles. The van der Waals surface area contributed by atoms with E-state index in [4.69, 9.17) is 15.7 Å². The summed E-state index contributed by atoms with van der Waals surface area (Å²) in [5.41, 5.74) is 10.8. The quantitative estimate of drug-likeness (QED) is 0.419. The van der Waals surface area contributed by atoms with Crippen molar-refractivity contribution in [2.45, 2.75) is 26.3 Å². The number of aryl methyl sites for hydroxylation is 1. The second-order valence-electron chi connectivity index (χ2n) is 7.56. The first-order valence-electron chi connectivity index (χ1n) is 10.2. The van der Waals surface area contributed by atoms with Crippen molar-refractivity contribution in [1.29, 1.82) is 0 Å². The number of nitrogens with two attached hydrogens (primary N) is 1. The Kier molecular flexibility index (Phi) is 5.63. The van der Waals surface area contributed by atoms with Gasteiger partial charge in [-0.3, -0.25) is 0 Å². The summed E-state index contributed by atoms with van der Waals surface area (Å²) in [5.74, 6) is 1.35. The van der Waals surface area contributed by atoms with Crippen molar-refractivity contribution in [2.75, 3.05) is 11.9 Å². The molecular formula is C25H26N4O. The molecular weight excluding hydrogens is 372 g/mol. The van der Waals surface area contributed by atoms with Crippen LogP contribution in [0, 0.1) is 6.92 Å². The number of phenolic OH excluding ortho intramolecular Hbond substituents is 1. The van der Waals surface area contributed by atoms with Crippen LogP contribution < -0.4 is 11.1 Å². The number of hydrogen-bond donors (Lipinski definition) is 3. The summed E-state index contributed by atoms with van der Waals surface area (Å²) in [6, 6.07) is 21.7. The van der Waals surface area contributed by atoms with E-state index in [-0.39, 0.29) is 11.8 Å². The van der Waals surface area contributed by atoms with Crippen LogP contribution in [-0.2, 0) is 0 Å². The van der Waals surface area contributed by atoms with Gasteiger partial charge in [0.25, 0.3) is 0 Å². The number of aromatic hydroxyl groups is 1. The number of nitrogens with zero attached hydrogens (tertiary/aromatic N) is 2. The van der Waals surface area contributed by atoms with Gasteiger partial charge >= 0.3 is 0 Å². The van der Waals surface area contributed by atoms with Gasteiger partial charge in [0.05, 0.1) is 11.1 Å². The minimum Gasteiger partial charge on any atom is -0.507 e. The van der Waals surface area contributed by atoms with Crippen molar-refractivity contribution in [3.8, 4) is 28.3 Å². The van der Waals surface area contributed by atoms with Gasteiger partial charge in [-0.05, 0) is 48.7 Å². The zero-order valence-corrected chi connectivity index (χ0v) is 17.3. The normalized spacial score (nSPS) is 12.1. The smallest absolute Gasteiger partial charge is 0.165 e. The van der Waals surface area contributed by atoms with Crippen LogP contribution in [0.2, 0.25) is 0 Å². The van der Waals surface area contributed by atoms with E-state index in [1.54, 1.807) is 6.07 Å². The highest BCUT2D eigenvalue weighted by Crippen LogP contribution is 2.34. The Labute approximate surface area is 176 Å². The number of nitrogens with one attached hydrogen (secondary N) is 1. The molecule has 4 aromatic rings. The zero-order valence-electron chi connectivity index (χ0n) is 17.3. The molecule has 0 aliphatic rings. The van der Waals surface area contributed by atoms with Gasteiger partial charge in [-0.1, -0.05) is 55.0 Å². The summed E-state index contributed by atoms with van der Waals surface area (Å²) in [5, 5.41) is 14.9. The molecule has 0 bridgehead atoms. The Bertz CT molecular complexity index is 1170. The van der Waals surface area contributed by atoms with Crippen LogP contribution in [0.15, 0.2) is 66.7 Å². The Morgan fingerprint density at radius 1 is 0.967 bits per heavy atom. The van der Waals surface area contributed by atoms with Crippen LogP contribution in [0.5, 0.6) is 5.75 Å². The van der Waals surface area contributed by atoms with Crippen molar-refractivity contribution < 1.29 is 5.11 Å². The van der Waals surface area contributed by atoms with Crippen LogP contribution in [-0.4, -0.2) is 27.7 Å². The largest absolute Gasteiger partial charge is 0.507 e. The Balaban J connectivity index is 1.80. The molecule has 1 atom stereocenters. The molecule has 1 heterocycles. The van der Waals surface area contributed by atoms with E-state index in [1.165, 1.54) is 5.56 Å². The molecule has 0 amide bonds. The number of para-hydroxylation sites is 1. The van der Waals surface area contributed by atoms with Gasteiger partial charge < -0.3 is 16.2 Å². The van der Waals surface area contributed by atoms with Crippen molar-refractivity contribution >= 4 is 16.7 Å². The second kappa shape index (κ2) is 8.51. The third-order valence-corrected chi connectivity index (χ3v) is 5.28. The van der Waals surface area contributed by atoms with E-state index in [9.17, 15) is 5.11 Å². The molecule has 4 rings (SSSR count). The number of rotatable bonds is 6. The van der Waals surface area contributed by atoms with E-state index in [2.05, 4.69) is 43.4 Å². The van der Waals surface area contributed by atoms with Gasteiger partial charge in [-0.25, -0.2) is 9.97 Å². The maximum absolute atomic E-state index is 10.6. The Morgan fingerprint density at radius 3 is 2.47 bits per heavy atom. The van der Waals surface area contributed by atoms with Crippen molar-refractivity contribution in [1.82, 2.24) is 9.97 Å². The number of anilines is 1. The monoisotopic (exact) mass is 398 g/mol. The highest BCUT2D eigenvalue weighted by Gasteiger charge is 2.14. The van der Waals surface area contributed by atoms with Crippen LogP contribution >= 0.6 is 0 Å². The standard InChI is InChI=1S/C25H26N4O/c1-3-19(26)15-27-24-20-6-4-5-7-22(20)28-25(29-24)21-14-18(12-13-23(21)30)17-10-8-16(2)9-11-17/h4-14,19,30H,3,15,26H2,1-2H3,(H,27,28,29).